The summed E-state index contributed by atoms with van der Waals surface area (Å²) < 4.78 is 5.06. The molecule has 1 heterocycles. The van der Waals surface area contributed by atoms with Crippen LogP contribution in [0.1, 0.15) is 20.1 Å². The third-order valence-electron chi connectivity index (χ3n) is 2.95. The second-order valence-electron chi connectivity index (χ2n) is 4.68. The molecule has 22 heavy (non-hydrogen) atoms. The molecule has 1 N–H and O–H groups in total. The molecule has 2 aromatic rings. The molecule has 0 fully saturated rings. The number of carbonyl (C=O) groups is 2. The van der Waals surface area contributed by atoms with Gasteiger partial charge in [-0.2, -0.15) is 0 Å². The number of esters is 1. The number of carbonyl (C=O) groups excluding carboxylic acids is 2. The van der Waals surface area contributed by atoms with Crippen LogP contribution in [0.3, 0.4) is 0 Å². The van der Waals surface area contributed by atoms with Gasteiger partial charge in [-0.25, -0.2) is 4.79 Å². The maximum absolute atomic E-state index is 11.9. The van der Waals surface area contributed by atoms with Crippen LogP contribution < -0.4 is 5.32 Å². The van der Waals surface area contributed by atoms with Gasteiger partial charge in [0.15, 0.2) is 6.61 Å². The zero-order valence-electron chi connectivity index (χ0n) is 12.6. The van der Waals surface area contributed by atoms with Crippen LogP contribution in [0.4, 0.5) is 5.69 Å². The molecule has 0 radical (unpaired) electrons. The summed E-state index contributed by atoms with van der Waals surface area (Å²) >= 11 is 3.13. The summed E-state index contributed by atoms with van der Waals surface area (Å²) in [5.41, 5.74) is 1.22. The van der Waals surface area contributed by atoms with Gasteiger partial charge in [0.2, 0.25) is 0 Å². The van der Waals surface area contributed by atoms with Gasteiger partial charge in [-0.1, -0.05) is 6.07 Å². The molecule has 4 nitrogen and oxygen atoms in total. The molecule has 0 aliphatic rings. The fourth-order valence-electron chi connectivity index (χ4n) is 1.94. The van der Waals surface area contributed by atoms with Gasteiger partial charge >= 0.3 is 5.97 Å². The highest BCUT2D eigenvalue weighted by Gasteiger charge is 2.15. The van der Waals surface area contributed by atoms with Crippen molar-refractivity contribution in [3.8, 4) is 0 Å². The van der Waals surface area contributed by atoms with Crippen molar-refractivity contribution in [2.75, 3.05) is 18.2 Å². The molecule has 1 amide bonds. The Kier molecular flexibility index (Phi) is 5.63. The Bertz CT molecular complexity index is 694. The number of thiophene rings is 1. The van der Waals surface area contributed by atoms with E-state index < -0.39 is 5.97 Å². The minimum absolute atomic E-state index is 0.295. The van der Waals surface area contributed by atoms with Crippen molar-refractivity contribution < 1.29 is 14.3 Å². The third-order valence-corrected chi connectivity index (χ3v) is 4.64. The molecule has 2 rings (SSSR count). The van der Waals surface area contributed by atoms with Gasteiger partial charge < -0.3 is 10.1 Å². The van der Waals surface area contributed by atoms with Gasteiger partial charge in [0.25, 0.3) is 5.91 Å². The van der Waals surface area contributed by atoms with Crippen molar-refractivity contribution in [2.24, 2.45) is 0 Å². The van der Waals surface area contributed by atoms with E-state index in [1.165, 1.54) is 11.3 Å². The molecule has 0 aliphatic heterocycles. The normalized spacial score (nSPS) is 10.3. The minimum Gasteiger partial charge on any atom is -0.452 e. The first kappa shape index (κ1) is 16.6. The predicted molar refractivity (Wildman–Crippen MR) is 90.9 cm³/mol. The molecule has 0 atom stereocenters. The van der Waals surface area contributed by atoms with Crippen LogP contribution in [0.5, 0.6) is 0 Å². The monoisotopic (exact) mass is 335 g/mol. The van der Waals surface area contributed by atoms with Crippen LogP contribution in [0.25, 0.3) is 0 Å². The molecule has 6 heteroatoms. The zero-order valence-corrected chi connectivity index (χ0v) is 14.3. The average Bonchev–Trinajstić information content (AvgIpc) is 2.83. The quantitative estimate of drug-likeness (QED) is 0.665. The number of ether oxygens (including phenoxy) is 1. The van der Waals surface area contributed by atoms with Gasteiger partial charge in [0.1, 0.15) is 0 Å². The van der Waals surface area contributed by atoms with Crippen LogP contribution in [0, 0.1) is 13.8 Å². The Morgan fingerprint density at radius 3 is 2.68 bits per heavy atom. The van der Waals surface area contributed by atoms with E-state index in [1.807, 2.05) is 38.3 Å². The highest BCUT2D eigenvalue weighted by Crippen LogP contribution is 2.21. The van der Waals surface area contributed by atoms with E-state index in [-0.39, 0.29) is 12.5 Å². The first-order valence-electron chi connectivity index (χ1n) is 6.67. The smallest absolute Gasteiger partial charge is 0.339 e. The van der Waals surface area contributed by atoms with Crippen LogP contribution in [0.15, 0.2) is 35.2 Å². The van der Waals surface area contributed by atoms with E-state index >= 15 is 0 Å². The lowest BCUT2D eigenvalue weighted by Gasteiger charge is -2.07. The predicted octanol–water partition coefficient (Wildman–Crippen LogP) is 3.88. The van der Waals surface area contributed by atoms with Gasteiger partial charge in [0.05, 0.1) is 5.56 Å². The molecule has 116 valence electrons. The van der Waals surface area contributed by atoms with Gasteiger partial charge in [-0.05, 0) is 44.4 Å². The Balaban J connectivity index is 1.90. The number of nitrogens with one attached hydrogen (secondary N) is 1. The largest absolute Gasteiger partial charge is 0.452 e. The zero-order chi connectivity index (χ0) is 16.1. The summed E-state index contributed by atoms with van der Waals surface area (Å²) in [5.74, 6) is -0.814. The third kappa shape index (κ3) is 4.35. The molecular weight excluding hydrogens is 318 g/mol. The molecular formula is C16H17NO3S2. The number of anilines is 1. The highest BCUT2D eigenvalue weighted by molar-refractivity contribution is 7.98. The molecule has 0 bridgehead atoms. The standard InChI is InChI=1S/C16H17NO3S2/c1-10-7-14(11(2)22-10)16(19)20-9-15(18)17-12-5-4-6-13(8-12)21-3/h4-8H,9H2,1-3H3,(H,17,18). The molecule has 0 unspecified atom stereocenters. The summed E-state index contributed by atoms with van der Waals surface area (Å²) in [6, 6.07) is 9.28. The van der Waals surface area contributed by atoms with E-state index in [2.05, 4.69) is 5.32 Å². The Labute approximate surface area is 137 Å². The second kappa shape index (κ2) is 7.47. The van der Waals surface area contributed by atoms with E-state index in [0.29, 0.717) is 11.3 Å². The summed E-state index contributed by atoms with van der Waals surface area (Å²) in [4.78, 5) is 26.8. The Morgan fingerprint density at radius 2 is 2.05 bits per heavy atom. The highest BCUT2D eigenvalue weighted by atomic mass is 32.2. The first-order valence-corrected chi connectivity index (χ1v) is 8.72. The fraction of sp³-hybridized carbons (Fsp3) is 0.250. The lowest BCUT2D eigenvalue weighted by atomic mass is 10.2. The van der Waals surface area contributed by atoms with Crippen molar-refractivity contribution in [2.45, 2.75) is 18.7 Å². The molecule has 0 saturated heterocycles. The minimum atomic E-state index is -0.463. The molecule has 1 aromatic carbocycles. The molecule has 0 spiro atoms. The Morgan fingerprint density at radius 1 is 1.27 bits per heavy atom. The Hall–Kier alpha value is -1.79. The van der Waals surface area contributed by atoms with Gasteiger partial charge in [0, 0.05) is 20.3 Å². The molecule has 0 aliphatic carbocycles. The summed E-state index contributed by atoms with van der Waals surface area (Å²) in [7, 11) is 0. The first-order chi connectivity index (χ1) is 10.5. The van der Waals surface area contributed by atoms with Crippen LogP contribution in [-0.4, -0.2) is 24.7 Å². The van der Waals surface area contributed by atoms with Crippen LogP contribution >= 0.6 is 23.1 Å². The fourth-order valence-corrected chi connectivity index (χ4v) is 3.31. The average molecular weight is 335 g/mol. The summed E-state index contributed by atoms with van der Waals surface area (Å²) in [5, 5.41) is 2.72. The molecule has 0 saturated carbocycles. The van der Waals surface area contributed by atoms with E-state index in [4.69, 9.17) is 4.74 Å². The molecule has 1 aromatic heterocycles. The SMILES string of the molecule is CSc1cccc(NC(=O)COC(=O)c2cc(C)sc2C)c1. The van der Waals surface area contributed by atoms with Crippen LogP contribution in [0.2, 0.25) is 0 Å². The number of hydrogen-bond acceptors (Lipinski definition) is 5. The van der Waals surface area contributed by atoms with E-state index in [1.54, 1.807) is 23.9 Å². The van der Waals surface area contributed by atoms with Gasteiger partial charge in [-0.15, -0.1) is 23.1 Å². The number of benzene rings is 1. The maximum Gasteiger partial charge on any atom is 0.339 e. The maximum atomic E-state index is 11.9. The lowest BCUT2D eigenvalue weighted by molar-refractivity contribution is -0.119. The summed E-state index contributed by atoms with van der Waals surface area (Å²) in [6.07, 6.45) is 1.97. The number of thioether (sulfide) groups is 1. The number of aryl methyl sites for hydroxylation is 2. The van der Waals surface area contributed by atoms with Crippen molar-refractivity contribution in [1.82, 2.24) is 0 Å². The van der Waals surface area contributed by atoms with Crippen molar-refractivity contribution >= 4 is 40.7 Å². The van der Waals surface area contributed by atoms with E-state index in [0.717, 1.165) is 14.6 Å². The van der Waals surface area contributed by atoms with Crippen LogP contribution in [-0.2, 0) is 9.53 Å². The van der Waals surface area contributed by atoms with Gasteiger partial charge in [-0.3, -0.25) is 4.79 Å². The van der Waals surface area contributed by atoms with Crippen molar-refractivity contribution in [1.29, 1.82) is 0 Å². The number of rotatable bonds is 5. The topological polar surface area (TPSA) is 55.4 Å². The summed E-state index contributed by atoms with van der Waals surface area (Å²) in [6.45, 7) is 3.50. The van der Waals surface area contributed by atoms with Crippen molar-refractivity contribution in [3.05, 3.63) is 45.6 Å². The second-order valence-corrected chi connectivity index (χ2v) is 7.02. The number of hydrogen-bond donors (Lipinski definition) is 1. The van der Waals surface area contributed by atoms with Crippen molar-refractivity contribution in [3.63, 3.8) is 0 Å². The lowest BCUT2D eigenvalue weighted by Crippen LogP contribution is -2.21. The number of amides is 1. The van der Waals surface area contributed by atoms with E-state index in [9.17, 15) is 9.59 Å².